The number of benzene rings is 2. The van der Waals surface area contributed by atoms with Crippen molar-refractivity contribution in [3.05, 3.63) is 74.9 Å². The van der Waals surface area contributed by atoms with Gasteiger partial charge in [0.2, 0.25) is 5.91 Å². The second-order valence-corrected chi connectivity index (χ2v) is 7.38. The molecule has 0 bridgehead atoms. The Labute approximate surface area is 171 Å². The molecule has 1 saturated heterocycles. The lowest BCUT2D eigenvalue weighted by Gasteiger charge is -2.27. The van der Waals surface area contributed by atoms with Crippen LogP contribution in [0, 0.1) is 5.92 Å². The predicted molar refractivity (Wildman–Crippen MR) is 111 cm³/mol. The van der Waals surface area contributed by atoms with E-state index in [0.717, 1.165) is 11.0 Å². The third kappa shape index (κ3) is 3.76. The molecule has 1 fully saturated rings. The molecule has 0 spiro atoms. The first kappa shape index (κ1) is 19.6. The molecule has 3 aromatic rings. The van der Waals surface area contributed by atoms with E-state index in [1.54, 1.807) is 37.3 Å². The van der Waals surface area contributed by atoms with Gasteiger partial charge in [0, 0.05) is 18.9 Å². The number of carbonyl (C=O) groups is 2. The minimum atomic E-state index is -0.592. The fraction of sp³-hybridized carbons (Fsp3) is 0.273. The topological polar surface area (TPSA) is 110 Å². The molecule has 154 valence electrons. The third-order valence-corrected chi connectivity index (χ3v) is 5.39. The van der Waals surface area contributed by atoms with Crippen LogP contribution in [-0.2, 0) is 9.53 Å². The zero-order valence-electron chi connectivity index (χ0n) is 16.4. The van der Waals surface area contributed by atoms with Crippen molar-refractivity contribution >= 4 is 22.8 Å². The van der Waals surface area contributed by atoms with Crippen molar-refractivity contribution < 1.29 is 14.3 Å². The van der Waals surface area contributed by atoms with Gasteiger partial charge in [-0.3, -0.25) is 9.59 Å². The molecule has 1 aliphatic heterocycles. The van der Waals surface area contributed by atoms with Gasteiger partial charge in [-0.25, -0.2) is 14.2 Å². The molecule has 2 unspecified atom stereocenters. The van der Waals surface area contributed by atoms with E-state index in [1.165, 1.54) is 18.2 Å². The number of ether oxygens (including phenoxy) is 1. The maximum Gasteiger partial charge on any atom is 0.338 e. The summed E-state index contributed by atoms with van der Waals surface area (Å²) in [6.45, 7) is 2.33. The minimum Gasteiger partial charge on any atom is -0.459 e. The first-order valence-corrected chi connectivity index (χ1v) is 9.76. The van der Waals surface area contributed by atoms with E-state index in [-0.39, 0.29) is 28.3 Å². The van der Waals surface area contributed by atoms with Crippen molar-refractivity contribution in [1.82, 2.24) is 14.9 Å². The van der Waals surface area contributed by atoms with Gasteiger partial charge in [-0.05, 0) is 43.7 Å². The first-order chi connectivity index (χ1) is 14.4. The van der Waals surface area contributed by atoms with Crippen LogP contribution in [-0.4, -0.2) is 34.1 Å². The Bertz CT molecular complexity index is 1230. The Hall–Kier alpha value is -3.68. The van der Waals surface area contributed by atoms with Gasteiger partial charge in [0.1, 0.15) is 6.10 Å². The Kier molecular flexibility index (Phi) is 5.22. The van der Waals surface area contributed by atoms with Crippen molar-refractivity contribution in [3.8, 4) is 5.69 Å². The predicted octanol–water partition coefficient (Wildman–Crippen LogP) is 1.75. The number of nitrogens with one attached hydrogen (secondary N) is 2. The second kappa shape index (κ2) is 7.98. The average Bonchev–Trinajstić information content (AvgIpc) is 2.74. The van der Waals surface area contributed by atoms with E-state index in [9.17, 15) is 19.2 Å². The molecule has 0 aliphatic carbocycles. The minimum absolute atomic E-state index is 0.0407. The quantitative estimate of drug-likeness (QED) is 0.641. The molecule has 1 aromatic heterocycles. The number of aromatic nitrogens is 2. The van der Waals surface area contributed by atoms with E-state index in [4.69, 9.17) is 4.74 Å². The molecular formula is C22H21N3O5. The maximum atomic E-state index is 12.8. The van der Waals surface area contributed by atoms with Crippen LogP contribution in [0.25, 0.3) is 16.6 Å². The number of hydrogen-bond acceptors (Lipinski definition) is 5. The molecule has 0 saturated carbocycles. The summed E-state index contributed by atoms with van der Waals surface area (Å²) in [4.78, 5) is 52.1. The van der Waals surface area contributed by atoms with Gasteiger partial charge < -0.3 is 15.0 Å². The second-order valence-electron chi connectivity index (χ2n) is 7.38. The Morgan fingerprint density at radius 3 is 2.63 bits per heavy atom. The van der Waals surface area contributed by atoms with E-state index in [2.05, 4.69) is 10.3 Å². The molecule has 2 atom stereocenters. The molecule has 1 aliphatic rings. The fourth-order valence-electron chi connectivity index (χ4n) is 3.70. The molecule has 8 nitrogen and oxygen atoms in total. The molecule has 2 aromatic carbocycles. The highest BCUT2D eigenvalue weighted by atomic mass is 16.5. The lowest BCUT2D eigenvalue weighted by molar-refractivity contribution is -0.124. The first-order valence-electron chi connectivity index (χ1n) is 9.76. The van der Waals surface area contributed by atoms with Gasteiger partial charge in [-0.1, -0.05) is 18.2 Å². The zero-order valence-corrected chi connectivity index (χ0v) is 16.4. The Morgan fingerprint density at radius 2 is 1.90 bits per heavy atom. The Morgan fingerprint density at radius 1 is 1.13 bits per heavy atom. The summed E-state index contributed by atoms with van der Waals surface area (Å²) >= 11 is 0. The number of carbonyl (C=O) groups excluding carboxylic acids is 2. The normalized spacial score (nSPS) is 17.4. The van der Waals surface area contributed by atoms with Crippen LogP contribution in [0.3, 0.4) is 0 Å². The highest BCUT2D eigenvalue weighted by molar-refractivity contribution is 5.94. The number of esters is 1. The number of aromatic amines is 1. The Balaban J connectivity index is 1.62. The number of nitrogens with zero attached hydrogens (tertiary/aromatic N) is 1. The lowest BCUT2D eigenvalue weighted by atomic mass is 9.92. The van der Waals surface area contributed by atoms with Crippen LogP contribution < -0.4 is 16.6 Å². The van der Waals surface area contributed by atoms with Crippen molar-refractivity contribution in [2.24, 2.45) is 5.92 Å². The summed E-state index contributed by atoms with van der Waals surface area (Å²) in [5.41, 5.74) is -0.120. The summed E-state index contributed by atoms with van der Waals surface area (Å²) < 4.78 is 6.58. The summed E-state index contributed by atoms with van der Waals surface area (Å²) in [5, 5.41) is 3.04. The molecule has 30 heavy (non-hydrogen) atoms. The van der Waals surface area contributed by atoms with Crippen LogP contribution in [0.5, 0.6) is 0 Å². The molecule has 4 rings (SSSR count). The van der Waals surface area contributed by atoms with Gasteiger partial charge in [-0.2, -0.15) is 0 Å². The largest absolute Gasteiger partial charge is 0.459 e. The molecule has 0 radical (unpaired) electrons. The van der Waals surface area contributed by atoms with E-state index in [1.807, 2.05) is 0 Å². The van der Waals surface area contributed by atoms with Gasteiger partial charge in [0.15, 0.2) is 0 Å². The van der Waals surface area contributed by atoms with Crippen LogP contribution in [0.2, 0.25) is 0 Å². The summed E-state index contributed by atoms with van der Waals surface area (Å²) in [7, 11) is 0. The summed E-state index contributed by atoms with van der Waals surface area (Å²) in [5.74, 6) is -0.656. The lowest BCUT2D eigenvalue weighted by Crippen LogP contribution is -2.38. The smallest absolute Gasteiger partial charge is 0.338 e. The van der Waals surface area contributed by atoms with E-state index >= 15 is 0 Å². The SMILES string of the molecule is CC(OC(=O)c1ccc2c(=O)n(-c3ccccc3)c(=O)[nH]c2c1)C1CCNC(=O)C1. The zero-order chi connectivity index (χ0) is 21.3. The number of para-hydroxylation sites is 1. The monoisotopic (exact) mass is 407 g/mol. The molecule has 8 heteroatoms. The van der Waals surface area contributed by atoms with Gasteiger partial charge in [0.25, 0.3) is 5.56 Å². The van der Waals surface area contributed by atoms with E-state index in [0.29, 0.717) is 18.7 Å². The van der Waals surface area contributed by atoms with Crippen molar-refractivity contribution in [3.63, 3.8) is 0 Å². The number of amides is 1. The molecule has 2 heterocycles. The standard InChI is InChI=1S/C22H21N3O5/c1-13(14-9-10-23-19(26)12-14)30-21(28)15-7-8-17-18(11-15)24-22(29)25(20(17)27)16-5-3-2-4-6-16/h2-8,11,13-14H,9-10,12H2,1H3,(H,23,26)(H,24,29). The maximum absolute atomic E-state index is 12.8. The number of hydrogen-bond donors (Lipinski definition) is 2. The van der Waals surface area contributed by atoms with Crippen molar-refractivity contribution in [1.29, 1.82) is 0 Å². The molecule has 1 amide bonds. The number of H-pyrrole nitrogens is 1. The van der Waals surface area contributed by atoms with Crippen LogP contribution >= 0.6 is 0 Å². The van der Waals surface area contributed by atoms with Gasteiger partial charge in [0.05, 0.1) is 22.2 Å². The van der Waals surface area contributed by atoms with Crippen LogP contribution in [0.4, 0.5) is 0 Å². The summed E-state index contributed by atoms with van der Waals surface area (Å²) in [6, 6.07) is 13.0. The van der Waals surface area contributed by atoms with Crippen molar-refractivity contribution in [2.45, 2.75) is 25.9 Å². The van der Waals surface area contributed by atoms with Gasteiger partial charge in [-0.15, -0.1) is 0 Å². The van der Waals surface area contributed by atoms with Crippen LogP contribution in [0.1, 0.15) is 30.1 Å². The highest BCUT2D eigenvalue weighted by Gasteiger charge is 2.27. The van der Waals surface area contributed by atoms with Crippen molar-refractivity contribution in [2.75, 3.05) is 6.54 Å². The average molecular weight is 407 g/mol. The number of fused-ring (bicyclic) bond motifs is 1. The molecule has 2 N–H and O–H groups in total. The fourth-order valence-corrected chi connectivity index (χ4v) is 3.70. The number of piperidine rings is 1. The van der Waals surface area contributed by atoms with E-state index < -0.39 is 23.3 Å². The third-order valence-electron chi connectivity index (χ3n) is 5.39. The number of rotatable bonds is 4. The summed E-state index contributed by atoms with van der Waals surface area (Å²) in [6.07, 6.45) is 0.632. The van der Waals surface area contributed by atoms with Gasteiger partial charge >= 0.3 is 11.7 Å². The highest BCUT2D eigenvalue weighted by Crippen LogP contribution is 2.21. The van der Waals surface area contributed by atoms with Crippen LogP contribution in [0.15, 0.2) is 58.1 Å². The molecular weight excluding hydrogens is 386 g/mol.